The van der Waals surface area contributed by atoms with E-state index in [4.69, 9.17) is 4.74 Å². The smallest absolute Gasteiger partial charge is 0.417 e. The van der Waals surface area contributed by atoms with Gasteiger partial charge in [-0.1, -0.05) is 36.4 Å². The van der Waals surface area contributed by atoms with Crippen LogP contribution >= 0.6 is 22.6 Å². The van der Waals surface area contributed by atoms with Crippen LogP contribution in [-0.4, -0.2) is 11.2 Å². The molecule has 1 aromatic heterocycles. The zero-order valence-corrected chi connectivity index (χ0v) is 18.8. The number of hydrogen-bond donors (Lipinski definition) is 1. The number of benzene rings is 3. The topological polar surface area (TPSA) is 46.5 Å². The molecule has 0 bridgehead atoms. The fourth-order valence-electron chi connectivity index (χ4n) is 3.00. The van der Waals surface area contributed by atoms with E-state index in [0.29, 0.717) is 6.61 Å². The minimum absolute atomic E-state index is 0.222. The Hall–Kier alpha value is -3.14. The van der Waals surface area contributed by atoms with Crippen LogP contribution in [0.3, 0.4) is 0 Å². The Kier molecular flexibility index (Phi) is 6.59. The first-order valence-electron chi connectivity index (χ1n) is 9.61. The molecule has 0 atom stereocenters. The van der Waals surface area contributed by atoms with Crippen LogP contribution in [0.1, 0.15) is 16.7 Å². The number of fused-ring (bicyclic) bond motifs is 1. The maximum atomic E-state index is 12.6. The Bertz CT molecular complexity index is 1260. The molecule has 0 saturated carbocycles. The van der Waals surface area contributed by atoms with Gasteiger partial charge in [0.1, 0.15) is 18.2 Å². The molecule has 1 heterocycles. The highest BCUT2D eigenvalue weighted by atomic mass is 127. The fourth-order valence-corrected chi connectivity index (χ4v) is 3.70. The standard InChI is InChI=1S/C24H17F3IN3O/c25-24(26,27)20-8-10-23(29-14-20)31-30-13-16-6-9-22(21(28)12-16)32-15-17-5-7-18-3-1-2-4-19(18)11-17/h1-14H,15H2,(H,29,31)/b30-13-. The van der Waals surface area contributed by atoms with Gasteiger partial charge >= 0.3 is 6.18 Å². The lowest BCUT2D eigenvalue weighted by atomic mass is 10.1. The van der Waals surface area contributed by atoms with E-state index in [0.717, 1.165) is 32.7 Å². The molecule has 8 heteroatoms. The van der Waals surface area contributed by atoms with E-state index in [-0.39, 0.29) is 5.82 Å². The first-order chi connectivity index (χ1) is 15.4. The van der Waals surface area contributed by atoms with Gasteiger partial charge in [0.2, 0.25) is 0 Å². The van der Waals surface area contributed by atoms with Crippen molar-refractivity contribution in [2.24, 2.45) is 5.10 Å². The largest absolute Gasteiger partial charge is 0.488 e. The number of nitrogens with one attached hydrogen (secondary N) is 1. The molecule has 32 heavy (non-hydrogen) atoms. The van der Waals surface area contributed by atoms with Crippen molar-refractivity contribution in [1.29, 1.82) is 0 Å². The molecule has 0 aliphatic carbocycles. The van der Waals surface area contributed by atoms with E-state index in [1.807, 2.05) is 30.3 Å². The van der Waals surface area contributed by atoms with Crippen molar-refractivity contribution in [1.82, 2.24) is 4.98 Å². The van der Waals surface area contributed by atoms with Crippen molar-refractivity contribution in [3.63, 3.8) is 0 Å². The number of halogens is 4. The molecule has 162 valence electrons. The zero-order valence-electron chi connectivity index (χ0n) is 16.6. The Morgan fingerprint density at radius 1 is 0.969 bits per heavy atom. The van der Waals surface area contributed by atoms with E-state index in [9.17, 15) is 13.2 Å². The summed E-state index contributed by atoms with van der Waals surface area (Å²) >= 11 is 2.19. The van der Waals surface area contributed by atoms with Crippen molar-refractivity contribution < 1.29 is 17.9 Å². The molecule has 4 rings (SSSR count). The number of aromatic nitrogens is 1. The third-order valence-corrected chi connectivity index (χ3v) is 5.49. The van der Waals surface area contributed by atoms with E-state index in [1.54, 1.807) is 6.21 Å². The van der Waals surface area contributed by atoms with Crippen LogP contribution in [0.15, 0.2) is 84.1 Å². The van der Waals surface area contributed by atoms with Gasteiger partial charge < -0.3 is 4.74 Å². The summed E-state index contributed by atoms with van der Waals surface area (Å²) in [6.45, 7) is 0.454. The average molecular weight is 547 g/mol. The Morgan fingerprint density at radius 3 is 2.50 bits per heavy atom. The number of hydrogen-bond acceptors (Lipinski definition) is 4. The van der Waals surface area contributed by atoms with Crippen LogP contribution in [0.4, 0.5) is 19.0 Å². The molecule has 0 amide bonds. The number of hydrazone groups is 1. The third-order valence-electron chi connectivity index (χ3n) is 4.65. The summed E-state index contributed by atoms with van der Waals surface area (Å²) in [6, 6.07) is 22.2. The molecule has 4 nitrogen and oxygen atoms in total. The van der Waals surface area contributed by atoms with Gasteiger partial charge in [0.15, 0.2) is 0 Å². The molecular weight excluding hydrogens is 530 g/mol. The van der Waals surface area contributed by atoms with Crippen LogP contribution in [0.2, 0.25) is 0 Å². The predicted octanol–water partition coefficient (Wildman–Crippen LogP) is 6.88. The summed E-state index contributed by atoms with van der Waals surface area (Å²) in [4.78, 5) is 3.71. The molecule has 0 fully saturated rings. The van der Waals surface area contributed by atoms with Crippen molar-refractivity contribution in [2.45, 2.75) is 12.8 Å². The van der Waals surface area contributed by atoms with Gasteiger partial charge in [-0.3, -0.25) is 5.43 Å². The summed E-state index contributed by atoms with van der Waals surface area (Å²) in [6.07, 6.45) is -2.08. The van der Waals surface area contributed by atoms with Crippen LogP contribution in [0, 0.1) is 3.57 Å². The lowest BCUT2D eigenvalue weighted by Gasteiger charge is -2.10. The summed E-state index contributed by atoms with van der Waals surface area (Å²) in [5.74, 6) is 0.979. The zero-order chi connectivity index (χ0) is 22.6. The number of alkyl halides is 3. The first-order valence-corrected chi connectivity index (χ1v) is 10.7. The highest BCUT2D eigenvalue weighted by molar-refractivity contribution is 14.1. The second kappa shape index (κ2) is 9.56. The van der Waals surface area contributed by atoms with Crippen LogP contribution in [0.25, 0.3) is 10.8 Å². The monoisotopic (exact) mass is 547 g/mol. The van der Waals surface area contributed by atoms with Gasteiger partial charge in [0.25, 0.3) is 0 Å². The van der Waals surface area contributed by atoms with E-state index in [2.05, 4.69) is 68.4 Å². The summed E-state index contributed by atoms with van der Waals surface area (Å²) < 4.78 is 44.6. The molecular formula is C24H17F3IN3O. The Morgan fingerprint density at radius 2 is 1.78 bits per heavy atom. The van der Waals surface area contributed by atoms with Gasteiger partial charge in [-0.05, 0) is 80.9 Å². The summed E-state index contributed by atoms with van der Waals surface area (Å²) in [5, 5.41) is 6.39. The molecule has 0 aliphatic heterocycles. The van der Waals surface area contributed by atoms with Gasteiger partial charge in [-0.15, -0.1) is 0 Å². The summed E-state index contributed by atoms with van der Waals surface area (Å²) in [5.41, 5.74) is 3.71. The summed E-state index contributed by atoms with van der Waals surface area (Å²) in [7, 11) is 0. The predicted molar refractivity (Wildman–Crippen MR) is 128 cm³/mol. The fraction of sp³-hybridized carbons (Fsp3) is 0.0833. The van der Waals surface area contributed by atoms with Gasteiger partial charge in [0, 0.05) is 6.20 Å². The Balaban J connectivity index is 1.36. The van der Waals surface area contributed by atoms with Gasteiger partial charge in [-0.25, -0.2) is 4.98 Å². The van der Waals surface area contributed by atoms with Gasteiger partial charge in [0.05, 0.1) is 15.3 Å². The lowest BCUT2D eigenvalue weighted by molar-refractivity contribution is -0.137. The van der Waals surface area contributed by atoms with Crippen molar-refractivity contribution >= 4 is 45.4 Å². The number of rotatable bonds is 6. The normalized spacial score (nSPS) is 11.8. The molecule has 0 radical (unpaired) electrons. The maximum absolute atomic E-state index is 12.6. The third kappa shape index (κ3) is 5.56. The second-order valence-electron chi connectivity index (χ2n) is 6.96. The van der Waals surface area contributed by atoms with E-state index in [1.165, 1.54) is 16.8 Å². The van der Waals surface area contributed by atoms with Crippen LogP contribution in [0.5, 0.6) is 5.75 Å². The molecule has 0 unspecified atom stereocenters. The molecule has 0 spiro atoms. The highest BCUT2D eigenvalue weighted by Crippen LogP contribution is 2.29. The van der Waals surface area contributed by atoms with Crippen molar-refractivity contribution in [2.75, 3.05) is 5.43 Å². The molecule has 3 aromatic carbocycles. The lowest BCUT2D eigenvalue weighted by Crippen LogP contribution is -2.05. The second-order valence-corrected chi connectivity index (χ2v) is 8.12. The number of anilines is 1. The van der Waals surface area contributed by atoms with E-state index < -0.39 is 11.7 Å². The van der Waals surface area contributed by atoms with Crippen molar-refractivity contribution in [3.8, 4) is 5.75 Å². The SMILES string of the molecule is FC(F)(F)c1ccc(N/N=C\c2ccc(OCc3ccc4ccccc4c3)c(I)c2)nc1. The quantitative estimate of drug-likeness (QED) is 0.163. The van der Waals surface area contributed by atoms with E-state index >= 15 is 0 Å². The molecule has 0 aliphatic rings. The average Bonchev–Trinajstić information content (AvgIpc) is 2.78. The minimum atomic E-state index is -4.41. The number of nitrogens with zero attached hydrogens (tertiary/aromatic N) is 2. The van der Waals surface area contributed by atoms with Crippen LogP contribution in [-0.2, 0) is 12.8 Å². The number of ether oxygens (including phenoxy) is 1. The molecule has 0 saturated heterocycles. The first kappa shape index (κ1) is 22.1. The van der Waals surface area contributed by atoms with Crippen molar-refractivity contribution in [3.05, 3.63) is 99.3 Å². The highest BCUT2D eigenvalue weighted by Gasteiger charge is 2.30. The molecule has 4 aromatic rings. The maximum Gasteiger partial charge on any atom is 0.417 e. The Labute approximate surface area is 196 Å². The number of pyridine rings is 1. The molecule has 1 N–H and O–H groups in total. The van der Waals surface area contributed by atoms with Gasteiger partial charge in [-0.2, -0.15) is 18.3 Å². The minimum Gasteiger partial charge on any atom is -0.488 e. The van der Waals surface area contributed by atoms with Crippen LogP contribution < -0.4 is 10.2 Å².